The van der Waals surface area contributed by atoms with E-state index in [0.717, 1.165) is 0 Å². The molecule has 0 aliphatic heterocycles. The Kier molecular flexibility index (Phi) is 5.42. The molecule has 0 unspecified atom stereocenters. The smallest absolute Gasteiger partial charge is 0.346 e. The number of aromatic amines is 1. The SMILES string of the molecule is COc1ccc(-c2cc(C(=O)Nc3cc(Cl)ccc3OC)[nH]c(=O)n2)cc1. The molecule has 1 amide bonds. The molecule has 0 aliphatic carbocycles. The molecule has 0 saturated heterocycles. The minimum absolute atomic E-state index is 0.0582. The first kappa shape index (κ1) is 18.5. The van der Waals surface area contributed by atoms with Crippen molar-refractivity contribution in [3.05, 3.63) is 69.7 Å². The summed E-state index contributed by atoms with van der Waals surface area (Å²) in [7, 11) is 3.04. The van der Waals surface area contributed by atoms with E-state index in [9.17, 15) is 9.59 Å². The predicted molar refractivity (Wildman–Crippen MR) is 103 cm³/mol. The number of aromatic nitrogens is 2. The number of ether oxygens (including phenoxy) is 2. The third kappa shape index (κ3) is 4.27. The van der Waals surface area contributed by atoms with Crippen LogP contribution in [0.3, 0.4) is 0 Å². The van der Waals surface area contributed by atoms with E-state index in [-0.39, 0.29) is 5.69 Å². The first-order chi connectivity index (χ1) is 13.0. The molecule has 0 atom stereocenters. The number of nitrogens with one attached hydrogen (secondary N) is 2. The second kappa shape index (κ2) is 7.92. The first-order valence-corrected chi connectivity index (χ1v) is 8.28. The second-order valence-electron chi connectivity index (χ2n) is 5.51. The van der Waals surface area contributed by atoms with Crippen LogP contribution in [-0.4, -0.2) is 30.1 Å². The fourth-order valence-corrected chi connectivity index (χ4v) is 2.63. The fourth-order valence-electron chi connectivity index (χ4n) is 2.46. The first-order valence-electron chi connectivity index (χ1n) is 7.91. The van der Waals surface area contributed by atoms with Gasteiger partial charge in [0.2, 0.25) is 0 Å². The summed E-state index contributed by atoms with van der Waals surface area (Å²) in [4.78, 5) is 30.9. The van der Waals surface area contributed by atoms with E-state index in [0.29, 0.717) is 33.5 Å². The van der Waals surface area contributed by atoms with Gasteiger partial charge in [-0.3, -0.25) is 4.79 Å². The number of amides is 1. The monoisotopic (exact) mass is 385 g/mol. The molecular formula is C19H16ClN3O4. The van der Waals surface area contributed by atoms with Gasteiger partial charge in [-0.25, -0.2) is 4.79 Å². The summed E-state index contributed by atoms with van der Waals surface area (Å²) < 4.78 is 10.3. The number of anilines is 1. The molecule has 7 nitrogen and oxygen atoms in total. The van der Waals surface area contributed by atoms with Crippen LogP contribution in [0.15, 0.2) is 53.3 Å². The van der Waals surface area contributed by atoms with Crippen LogP contribution in [0.4, 0.5) is 5.69 Å². The molecule has 0 fully saturated rings. The van der Waals surface area contributed by atoms with Gasteiger partial charge in [-0.2, -0.15) is 4.98 Å². The average Bonchev–Trinajstić information content (AvgIpc) is 2.67. The lowest BCUT2D eigenvalue weighted by Crippen LogP contribution is -2.21. The van der Waals surface area contributed by atoms with Crippen molar-refractivity contribution in [2.45, 2.75) is 0 Å². The van der Waals surface area contributed by atoms with Crippen molar-refractivity contribution < 1.29 is 14.3 Å². The van der Waals surface area contributed by atoms with E-state index in [1.165, 1.54) is 13.2 Å². The third-order valence-corrected chi connectivity index (χ3v) is 4.02. The zero-order chi connectivity index (χ0) is 19.4. The van der Waals surface area contributed by atoms with Crippen molar-refractivity contribution in [1.82, 2.24) is 9.97 Å². The van der Waals surface area contributed by atoms with Gasteiger partial charge in [0.25, 0.3) is 5.91 Å². The van der Waals surface area contributed by atoms with Gasteiger partial charge in [-0.05, 0) is 48.5 Å². The van der Waals surface area contributed by atoms with Crippen LogP contribution in [0.2, 0.25) is 5.02 Å². The highest BCUT2D eigenvalue weighted by atomic mass is 35.5. The molecule has 8 heteroatoms. The maximum Gasteiger partial charge on any atom is 0.346 e. The van der Waals surface area contributed by atoms with E-state index in [1.807, 2.05) is 0 Å². The van der Waals surface area contributed by atoms with Crippen molar-refractivity contribution in [3.63, 3.8) is 0 Å². The number of rotatable bonds is 5. The number of nitrogens with zero attached hydrogens (tertiary/aromatic N) is 1. The van der Waals surface area contributed by atoms with Gasteiger partial charge in [0.1, 0.15) is 17.2 Å². The normalized spacial score (nSPS) is 10.3. The molecule has 1 heterocycles. The molecule has 27 heavy (non-hydrogen) atoms. The number of carbonyl (C=O) groups excluding carboxylic acids is 1. The standard InChI is InChI=1S/C19H16ClN3O4/c1-26-13-6-3-11(4-7-13)14-10-16(23-19(25)22-14)18(24)21-15-9-12(20)5-8-17(15)27-2/h3-10H,1-2H3,(H,21,24)(H,22,23,25). The molecular weight excluding hydrogens is 370 g/mol. The van der Waals surface area contributed by atoms with Gasteiger partial charge in [-0.15, -0.1) is 0 Å². The predicted octanol–water partition coefficient (Wildman–Crippen LogP) is 3.36. The number of hydrogen-bond acceptors (Lipinski definition) is 5. The van der Waals surface area contributed by atoms with E-state index < -0.39 is 11.6 Å². The summed E-state index contributed by atoms with van der Waals surface area (Å²) in [5.74, 6) is 0.596. The second-order valence-corrected chi connectivity index (χ2v) is 5.95. The van der Waals surface area contributed by atoms with Gasteiger partial charge in [0.15, 0.2) is 0 Å². The van der Waals surface area contributed by atoms with Crippen LogP contribution in [0.1, 0.15) is 10.5 Å². The quantitative estimate of drug-likeness (QED) is 0.702. The molecule has 0 spiro atoms. The Bertz CT molecular complexity index is 1030. The van der Waals surface area contributed by atoms with Crippen LogP contribution in [-0.2, 0) is 0 Å². The highest BCUT2D eigenvalue weighted by molar-refractivity contribution is 6.31. The summed E-state index contributed by atoms with van der Waals surface area (Å²) in [5.41, 5.74) is 0.855. The van der Waals surface area contributed by atoms with Crippen molar-refractivity contribution in [2.24, 2.45) is 0 Å². The van der Waals surface area contributed by atoms with Crippen molar-refractivity contribution in [2.75, 3.05) is 19.5 Å². The number of methoxy groups -OCH3 is 2. The Balaban J connectivity index is 1.92. The van der Waals surface area contributed by atoms with E-state index in [1.54, 1.807) is 49.6 Å². The number of carbonyl (C=O) groups is 1. The molecule has 3 aromatic rings. The zero-order valence-corrected chi connectivity index (χ0v) is 15.3. The lowest BCUT2D eigenvalue weighted by atomic mass is 10.1. The number of H-pyrrole nitrogens is 1. The maximum absolute atomic E-state index is 12.6. The van der Waals surface area contributed by atoms with Gasteiger partial charge in [0.05, 0.1) is 25.6 Å². The molecule has 2 aromatic carbocycles. The molecule has 0 aliphatic rings. The van der Waals surface area contributed by atoms with E-state index in [2.05, 4.69) is 15.3 Å². The number of benzene rings is 2. The average molecular weight is 386 g/mol. The Hall–Kier alpha value is -3.32. The fraction of sp³-hybridized carbons (Fsp3) is 0.105. The lowest BCUT2D eigenvalue weighted by Gasteiger charge is -2.11. The Morgan fingerprint density at radius 3 is 2.48 bits per heavy atom. The Morgan fingerprint density at radius 1 is 1.07 bits per heavy atom. The molecule has 3 rings (SSSR count). The summed E-state index contributed by atoms with van der Waals surface area (Å²) in [6.45, 7) is 0. The summed E-state index contributed by atoms with van der Waals surface area (Å²) in [5, 5.41) is 3.11. The van der Waals surface area contributed by atoms with Crippen LogP contribution < -0.4 is 20.5 Å². The van der Waals surface area contributed by atoms with Crippen molar-refractivity contribution >= 4 is 23.2 Å². The van der Waals surface area contributed by atoms with Gasteiger partial charge < -0.3 is 19.8 Å². The third-order valence-electron chi connectivity index (χ3n) is 3.78. The minimum Gasteiger partial charge on any atom is -0.497 e. The minimum atomic E-state index is -0.633. The number of hydrogen-bond donors (Lipinski definition) is 2. The van der Waals surface area contributed by atoms with Crippen LogP contribution in [0, 0.1) is 0 Å². The lowest BCUT2D eigenvalue weighted by molar-refractivity contribution is 0.102. The van der Waals surface area contributed by atoms with Crippen LogP contribution >= 0.6 is 11.6 Å². The molecule has 0 radical (unpaired) electrons. The number of halogens is 1. The molecule has 1 aromatic heterocycles. The van der Waals surface area contributed by atoms with Gasteiger partial charge in [0, 0.05) is 10.6 Å². The highest BCUT2D eigenvalue weighted by Crippen LogP contribution is 2.28. The highest BCUT2D eigenvalue weighted by Gasteiger charge is 2.14. The van der Waals surface area contributed by atoms with E-state index in [4.69, 9.17) is 21.1 Å². The molecule has 0 saturated carbocycles. The topological polar surface area (TPSA) is 93.3 Å². The van der Waals surface area contributed by atoms with Crippen LogP contribution in [0.25, 0.3) is 11.3 Å². The Morgan fingerprint density at radius 2 is 1.81 bits per heavy atom. The van der Waals surface area contributed by atoms with Crippen molar-refractivity contribution in [3.8, 4) is 22.8 Å². The maximum atomic E-state index is 12.6. The summed E-state index contributed by atoms with van der Waals surface area (Å²) in [6, 6.07) is 13.3. The van der Waals surface area contributed by atoms with E-state index >= 15 is 0 Å². The largest absolute Gasteiger partial charge is 0.497 e. The molecule has 0 bridgehead atoms. The van der Waals surface area contributed by atoms with Crippen molar-refractivity contribution in [1.29, 1.82) is 0 Å². The molecule has 2 N–H and O–H groups in total. The Labute approximate surface area is 159 Å². The zero-order valence-electron chi connectivity index (χ0n) is 14.6. The molecule has 138 valence electrons. The summed E-state index contributed by atoms with van der Waals surface area (Å²) in [6.07, 6.45) is 0. The van der Waals surface area contributed by atoms with Gasteiger partial charge >= 0.3 is 5.69 Å². The van der Waals surface area contributed by atoms with Crippen LogP contribution in [0.5, 0.6) is 11.5 Å². The summed E-state index contributed by atoms with van der Waals surface area (Å²) >= 11 is 5.97. The van der Waals surface area contributed by atoms with Gasteiger partial charge in [-0.1, -0.05) is 11.6 Å².